The third-order valence-electron chi connectivity index (χ3n) is 4.73. The van der Waals surface area contributed by atoms with Crippen LogP contribution < -0.4 is 14.4 Å². The van der Waals surface area contributed by atoms with Gasteiger partial charge in [-0.15, -0.1) is 0 Å². The smallest absolute Gasteiger partial charge is 0.232 e. The predicted molar refractivity (Wildman–Crippen MR) is 122 cm³/mol. The van der Waals surface area contributed by atoms with Crippen LogP contribution in [0, 0.1) is 20.8 Å². The molecule has 0 aliphatic rings. The first kappa shape index (κ1) is 23.7. The molecule has 6 nitrogen and oxygen atoms in total. The van der Waals surface area contributed by atoms with Gasteiger partial charge < -0.3 is 10.1 Å². The Labute approximate surface area is 180 Å². The van der Waals surface area contributed by atoms with E-state index < -0.39 is 10.0 Å². The van der Waals surface area contributed by atoms with Gasteiger partial charge in [0.2, 0.25) is 15.9 Å². The average molecular weight is 433 g/mol. The molecule has 1 unspecified atom stereocenters. The van der Waals surface area contributed by atoms with Crippen molar-refractivity contribution in [2.45, 2.75) is 46.6 Å². The molecule has 1 atom stereocenters. The summed E-state index contributed by atoms with van der Waals surface area (Å²) < 4.78 is 31.7. The molecule has 2 aromatic rings. The van der Waals surface area contributed by atoms with E-state index in [-0.39, 0.29) is 24.9 Å². The minimum atomic E-state index is -3.44. The maximum absolute atomic E-state index is 12.3. The van der Waals surface area contributed by atoms with Crippen molar-refractivity contribution in [3.63, 3.8) is 0 Å². The maximum atomic E-state index is 12.3. The molecule has 7 heteroatoms. The lowest BCUT2D eigenvalue weighted by Crippen LogP contribution is -2.37. The van der Waals surface area contributed by atoms with Gasteiger partial charge in [0.05, 0.1) is 18.0 Å². The van der Waals surface area contributed by atoms with E-state index in [4.69, 9.17) is 4.74 Å². The summed E-state index contributed by atoms with van der Waals surface area (Å²) in [7, 11) is -3.44. The monoisotopic (exact) mass is 432 g/mol. The highest BCUT2D eigenvalue weighted by atomic mass is 32.2. The fourth-order valence-corrected chi connectivity index (χ4v) is 4.10. The minimum absolute atomic E-state index is 0.121. The molecular formula is C23H32N2O4S. The van der Waals surface area contributed by atoms with Crippen LogP contribution in [0.1, 0.15) is 36.5 Å². The van der Waals surface area contributed by atoms with Gasteiger partial charge in [-0.1, -0.05) is 29.8 Å². The van der Waals surface area contributed by atoms with Crippen LogP contribution >= 0.6 is 0 Å². The van der Waals surface area contributed by atoms with E-state index >= 15 is 0 Å². The Balaban J connectivity index is 1.85. The molecule has 0 bridgehead atoms. The van der Waals surface area contributed by atoms with Crippen LogP contribution in [0.4, 0.5) is 5.69 Å². The summed E-state index contributed by atoms with van der Waals surface area (Å²) in [5.74, 6) is 0.642. The largest absolute Gasteiger partial charge is 0.491 e. The van der Waals surface area contributed by atoms with Gasteiger partial charge in [0.1, 0.15) is 12.4 Å². The second kappa shape index (κ2) is 10.5. The number of anilines is 1. The third kappa shape index (κ3) is 7.37. The van der Waals surface area contributed by atoms with Gasteiger partial charge in [0, 0.05) is 13.0 Å². The molecule has 0 aliphatic heterocycles. The molecule has 1 amide bonds. The number of rotatable bonds is 10. The summed E-state index contributed by atoms with van der Waals surface area (Å²) in [5, 5.41) is 2.90. The van der Waals surface area contributed by atoms with E-state index in [1.165, 1.54) is 10.6 Å². The van der Waals surface area contributed by atoms with Gasteiger partial charge in [-0.2, -0.15) is 0 Å². The normalized spacial score (nSPS) is 12.3. The number of sulfonamides is 1. The molecule has 0 saturated heterocycles. The van der Waals surface area contributed by atoms with Crippen molar-refractivity contribution >= 4 is 21.6 Å². The summed E-state index contributed by atoms with van der Waals surface area (Å²) in [6, 6.07) is 13.3. The molecule has 1 N–H and O–H groups in total. The van der Waals surface area contributed by atoms with Crippen molar-refractivity contribution in [1.82, 2.24) is 5.32 Å². The summed E-state index contributed by atoms with van der Waals surface area (Å²) in [4.78, 5) is 12.3. The molecular weight excluding hydrogens is 400 g/mol. The molecule has 164 valence electrons. The second-order valence-corrected chi connectivity index (χ2v) is 9.73. The molecule has 2 aromatic carbocycles. The van der Waals surface area contributed by atoms with E-state index in [9.17, 15) is 13.2 Å². The lowest BCUT2D eigenvalue weighted by molar-refractivity contribution is -0.121. The summed E-state index contributed by atoms with van der Waals surface area (Å²) in [6.45, 7) is 8.33. The molecule has 0 saturated carbocycles. The first-order chi connectivity index (χ1) is 14.1. The Morgan fingerprint density at radius 2 is 1.70 bits per heavy atom. The first-order valence-corrected chi connectivity index (χ1v) is 11.9. The number of carbonyl (C=O) groups excluding carboxylic acids is 1. The van der Waals surface area contributed by atoms with Crippen molar-refractivity contribution in [2.75, 3.05) is 23.7 Å². The number of amides is 1. The molecule has 0 radical (unpaired) electrons. The number of ether oxygens (including phenoxy) is 1. The van der Waals surface area contributed by atoms with E-state index in [0.717, 1.165) is 22.4 Å². The number of nitrogens with zero attached hydrogens (tertiary/aromatic N) is 1. The highest BCUT2D eigenvalue weighted by Gasteiger charge is 2.19. The van der Waals surface area contributed by atoms with Crippen molar-refractivity contribution in [3.05, 3.63) is 59.2 Å². The number of hydrogen-bond acceptors (Lipinski definition) is 4. The highest BCUT2D eigenvalue weighted by Crippen LogP contribution is 2.24. The fourth-order valence-electron chi connectivity index (χ4n) is 3.08. The minimum Gasteiger partial charge on any atom is -0.491 e. The van der Waals surface area contributed by atoms with Crippen LogP contribution in [-0.2, 0) is 14.8 Å². The first-order valence-electron chi connectivity index (χ1n) is 10.1. The van der Waals surface area contributed by atoms with Crippen LogP contribution in [0.2, 0.25) is 0 Å². The Hall–Kier alpha value is -2.54. The molecule has 30 heavy (non-hydrogen) atoms. The summed E-state index contributed by atoms with van der Waals surface area (Å²) in [5.41, 5.74) is 3.70. The summed E-state index contributed by atoms with van der Waals surface area (Å²) >= 11 is 0. The van der Waals surface area contributed by atoms with E-state index in [1.54, 1.807) is 0 Å². The molecule has 0 fully saturated rings. The van der Waals surface area contributed by atoms with Gasteiger partial charge in [-0.3, -0.25) is 9.10 Å². The van der Waals surface area contributed by atoms with Crippen LogP contribution in [0.15, 0.2) is 42.5 Å². The lowest BCUT2D eigenvalue weighted by atomic mass is 10.1. The van der Waals surface area contributed by atoms with Crippen LogP contribution in [0.25, 0.3) is 0 Å². The standard InChI is InChI=1S/C23H32N2O4S/c1-17-9-12-21(13-10-17)29-16-20(4)24-23(26)7-6-14-25(30(5,27)28)22-15-18(2)8-11-19(22)3/h8-13,15,20H,6-7,14,16H2,1-5H3,(H,24,26). The Morgan fingerprint density at radius 1 is 1.07 bits per heavy atom. The maximum Gasteiger partial charge on any atom is 0.232 e. The SMILES string of the molecule is Cc1ccc(OCC(C)NC(=O)CCCN(c2cc(C)ccc2C)S(C)(=O)=O)cc1. The second-order valence-electron chi connectivity index (χ2n) is 7.82. The average Bonchev–Trinajstić information content (AvgIpc) is 2.66. The number of aryl methyl sites for hydroxylation is 3. The number of benzene rings is 2. The van der Waals surface area contributed by atoms with Gasteiger partial charge >= 0.3 is 0 Å². The van der Waals surface area contributed by atoms with E-state index in [2.05, 4.69) is 5.32 Å². The number of hydrogen-bond donors (Lipinski definition) is 1. The van der Waals surface area contributed by atoms with E-state index in [0.29, 0.717) is 18.7 Å². The third-order valence-corrected chi connectivity index (χ3v) is 5.91. The van der Waals surface area contributed by atoms with Crippen molar-refractivity contribution in [1.29, 1.82) is 0 Å². The van der Waals surface area contributed by atoms with Crippen molar-refractivity contribution < 1.29 is 17.9 Å². The lowest BCUT2D eigenvalue weighted by Gasteiger charge is -2.24. The van der Waals surface area contributed by atoms with Crippen LogP contribution in [-0.4, -0.2) is 39.8 Å². The number of nitrogens with one attached hydrogen (secondary N) is 1. The quantitative estimate of drug-likeness (QED) is 0.621. The predicted octanol–water partition coefficient (Wildman–Crippen LogP) is 3.74. The topological polar surface area (TPSA) is 75.7 Å². The van der Waals surface area contributed by atoms with Crippen LogP contribution in [0.3, 0.4) is 0 Å². The Kier molecular flexibility index (Phi) is 8.29. The van der Waals surface area contributed by atoms with Crippen molar-refractivity contribution in [2.24, 2.45) is 0 Å². The van der Waals surface area contributed by atoms with Gasteiger partial charge in [-0.05, 0) is 63.4 Å². The highest BCUT2D eigenvalue weighted by molar-refractivity contribution is 7.92. The zero-order valence-corrected chi connectivity index (χ0v) is 19.3. The molecule has 0 aromatic heterocycles. The zero-order valence-electron chi connectivity index (χ0n) is 18.4. The number of carbonyl (C=O) groups is 1. The van der Waals surface area contributed by atoms with Gasteiger partial charge in [0.25, 0.3) is 0 Å². The molecule has 0 aliphatic carbocycles. The van der Waals surface area contributed by atoms with Gasteiger partial charge in [-0.25, -0.2) is 8.42 Å². The fraction of sp³-hybridized carbons (Fsp3) is 0.435. The molecule has 2 rings (SSSR count). The van der Waals surface area contributed by atoms with E-state index in [1.807, 2.05) is 70.2 Å². The van der Waals surface area contributed by atoms with Gasteiger partial charge in [0.15, 0.2) is 0 Å². The molecule has 0 heterocycles. The Bertz CT molecular complexity index is 956. The molecule has 0 spiro atoms. The zero-order chi connectivity index (χ0) is 22.3. The Morgan fingerprint density at radius 3 is 2.33 bits per heavy atom. The summed E-state index contributed by atoms with van der Waals surface area (Å²) in [6.07, 6.45) is 1.86. The van der Waals surface area contributed by atoms with Crippen LogP contribution in [0.5, 0.6) is 5.75 Å². The van der Waals surface area contributed by atoms with Crippen molar-refractivity contribution in [3.8, 4) is 5.75 Å².